The first-order chi connectivity index (χ1) is 6.24. The van der Waals surface area contributed by atoms with Gasteiger partial charge < -0.3 is 5.32 Å². The van der Waals surface area contributed by atoms with Crippen molar-refractivity contribution in [1.29, 1.82) is 0 Å². The van der Waals surface area contributed by atoms with Crippen molar-refractivity contribution in [2.45, 2.75) is 11.3 Å². The van der Waals surface area contributed by atoms with Crippen LogP contribution in [0.15, 0.2) is 29.2 Å². The number of hydrogen-bond donors (Lipinski definition) is 2. The van der Waals surface area contributed by atoms with E-state index in [4.69, 9.17) is 11.6 Å². The molecule has 0 aliphatic rings. The molecule has 0 heterocycles. The number of carbonyl (C=O) groups excluding carboxylic acids is 1. The monoisotopic (exact) mass is 215 g/mol. The molecule has 0 unspecified atom stereocenters. The molecule has 0 atom stereocenters. The zero-order chi connectivity index (χ0) is 9.68. The molecule has 1 rings (SSSR count). The lowest BCUT2D eigenvalue weighted by atomic mass is 10.3. The fourth-order valence-corrected chi connectivity index (χ4v) is 1.27. The largest absolute Gasteiger partial charge is 0.325 e. The average molecular weight is 216 g/mol. The van der Waals surface area contributed by atoms with Gasteiger partial charge >= 0.3 is 0 Å². The minimum Gasteiger partial charge on any atom is -0.325 e. The first-order valence-corrected chi connectivity index (χ1v) is 4.86. The highest BCUT2D eigenvalue weighted by molar-refractivity contribution is 7.80. The van der Waals surface area contributed by atoms with Gasteiger partial charge in [-0.05, 0) is 12.1 Å². The Morgan fingerprint density at radius 1 is 1.46 bits per heavy atom. The van der Waals surface area contributed by atoms with Crippen molar-refractivity contribution >= 4 is 35.8 Å². The van der Waals surface area contributed by atoms with Gasteiger partial charge in [0.25, 0.3) is 0 Å². The van der Waals surface area contributed by atoms with Crippen LogP contribution in [0.1, 0.15) is 6.42 Å². The van der Waals surface area contributed by atoms with Crippen LogP contribution in [0.4, 0.5) is 5.69 Å². The van der Waals surface area contributed by atoms with Crippen LogP contribution in [0.5, 0.6) is 0 Å². The van der Waals surface area contributed by atoms with E-state index in [0.29, 0.717) is 12.3 Å². The predicted molar refractivity (Wildman–Crippen MR) is 57.7 cm³/mol. The van der Waals surface area contributed by atoms with Gasteiger partial charge in [-0.15, -0.1) is 24.2 Å². The van der Waals surface area contributed by atoms with E-state index in [-0.39, 0.29) is 5.91 Å². The van der Waals surface area contributed by atoms with Gasteiger partial charge in [-0.2, -0.15) is 0 Å². The van der Waals surface area contributed by atoms with Gasteiger partial charge in [0.05, 0.1) is 5.69 Å². The summed E-state index contributed by atoms with van der Waals surface area (Å²) in [6, 6.07) is 7.32. The number of rotatable bonds is 3. The van der Waals surface area contributed by atoms with Crippen LogP contribution in [0.2, 0.25) is 0 Å². The second kappa shape index (κ2) is 5.14. The Morgan fingerprint density at radius 2 is 2.15 bits per heavy atom. The van der Waals surface area contributed by atoms with Crippen molar-refractivity contribution < 1.29 is 4.79 Å². The van der Waals surface area contributed by atoms with Crippen LogP contribution in [0.3, 0.4) is 0 Å². The summed E-state index contributed by atoms with van der Waals surface area (Å²) in [5.41, 5.74) is 0.723. The van der Waals surface area contributed by atoms with E-state index in [9.17, 15) is 4.79 Å². The topological polar surface area (TPSA) is 29.1 Å². The van der Waals surface area contributed by atoms with Crippen LogP contribution >= 0.6 is 24.2 Å². The fraction of sp³-hybridized carbons (Fsp3) is 0.222. The number of thiol groups is 1. The van der Waals surface area contributed by atoms with E-state index in [1.165, 1.54) is 0 Å². The second-order valence-electron chi connectivity index (χ2n) is 2.50. The van der Waals surface area contributed by atoms with Crippen LogP contribution in [-0.4, -0.2) is 11.8 Å². The molecule has 2 nitrogen and oxygen atoms in total. The fourth-order valence-electron chi connectivity index (χ4n) is 0.878. The van der Waals surface area contributed by atoms with E-state index < -0.39 is 0 Å². The molecule has 70 valence electrons. The lowest BCUT2D eigenvalue weighted by Gasteiger charge is -2.05. The molecule has 1 amide bonds. The molecule has 0 spiro atoms. The van der Waals surface area contributed by atoms with E-state index in [1.54, 1.807) is 6.07 Å². The molecule has 13 heavy (non-hydrogen) atoms. The normalized spacial score (nSPS) is 9.69. The van der Waals surface area contributed by atoms with E-state index >= 15 is 0 Å². The van der Waals surface area contributed by atoms with Gasteiger partial charge in [-0.1, -0.05) is 12.1 Å². The number of carbonyl (C=O) groups is 1. The summed E-state index contributed by atoms with van der Waals surface area (Å²) in [4.78, 5) is 11.9. The second-order valence-corrected chi connectivity index (χ2v) is 3.36. The standard InChI is InChI=1S/C9H10ClNOS/c10-6-5-9(12)11-7-3-1-2-4-8(7)13/h1-4,13H,5-6H2,(H,11,12). The highest BCUT2D eigenvalue weighted by atomic mass is 35.5. The third kappa shape index (κ3) is 3.28. The number of amides is 1. The van der Waals surface area contributed by atoms with Crippen molar-refractivity contribution in [2.75, 3.05) is 11.2 Å². The Bertz CT molecular complexity index is 303. The minimum absolute atomic E-state index is 0.0866. The minimum atomic E-state index is -0.0866. The third-order valence-electron chi connectivity index (χ3n) is 1.50. The lowest BCUT2D eigenvalue weighted by Crippen LogP contribution is -2.11. The molecule has 0 aliphatic carbocycles. The van der Waals surface area contributed by atoms with E-state index in [0.717, 1.165) is 10.6 Å². The van der Waals surface area contributed by atoms with Crippen molar-refractivity contribution in [3.05, 3.63) is 24.3 Å². The Labute approximate surface area is 87.7 Å². The summed E-state index contributed by atoms with van der Waals surface area (Å²) in [6.07, 6.45) is 0.323. The van der Waals surface area contributed by atoms with Crippen molar-refractivity contribution in [2.24, 2.45) is 0 Å². The van der Waals surface area contributed by atoms with E-state index in [1.807, 2.05) is 18.2 Å². The smallest absolute Gasteiger partial charge is 0.225 e. The summed E-state index contributed by atoms with van der Waals surface area (Å²) in [7, 11) is 0. The third-order valence-corrected chi connectivity index (χ3v) is 2.08. The molecule has 0 aromatic heterocycles. The summed E-state index contributed by atoms with van der Waals surface area (Å²) in [6.45, 7) is 0. The average Bonchev–Trinajstić information content (AvgIpc) is 2.09. The number of para-hydroxylation sites is 1. The predicted octanol–water partition coefficient (Wildman–Crippen LogP) is 2.54. The zero-order valence-electron chi connectivity index (χ0n) is 6.96. The molecule has 0 fully saturated rings. The van der Waals surface area contributed by atoms with Crippen LogP contribution in [0, 0.1) is 0 Å². The number of hydrogen-bond acceptors (Lipinski definition) is 2. The highest BCUT2D eigenvalue weighted by Crippen LogP contribution is 2.18. The molecular formula is C9H10ClNOS. The SMILES string of the molecule is O=C(CCCl)Nc1ccccc1S. The Balaban J connectivity index is 2.63. The molecule has 1 aromatic rings. The van der Waals surface area contributed by atoms with Crippen molar-refractivity contribution in [3.8, 4) is 0 Å². The van der Waals surface area contributed by atoms with Gasteiger partial charge in [0.1, 0.15) is 0 Å². The van der Waals surface area contributed by atoms with Gasteiger partial charge in [-0.25, -0.2) is 0 Å². The zero-order valence-corrected chi connectivity index (χ0v) is 8.61. The summed E-state index contributed by atoms with van der Waals surface area (Å²) in [5, 5.41) is 2.71. The first-order valence-electron chi connectivity index (χ1n) is 3.88. The van der Waals surface area contributed by atoms with Crippen LogP contribution < -0.4 is 5.32 Å². The van der Waals surface area contributed by atoms with Gasteiger partial charge in [0.15, 0.2) is 0 Å². The van der Waals surface area contributed by atoms with E-state index in [2.05, 4.69) is 17.9 Å². The number of benzene rings is 1. The molecule has 0 aliphatic heterocycles. The molecule has 0 saturated carbocycles. The number of alkyl halides is 1. The number of halogens is 1. The molecule has 4 heteroatoms. The Morgan fingerprint density at radius 3 is 2.77 bits per heavy atom. The van der Waals surface area contributed by atoms with Crippen molar-refractivity contribution in [3.63, 3.8) is 0 Å². The Hall–Kier alpha value is -0.670. The summed E-state index contributed by atoms with van der Waals surface area (Å²) >= 11 is 9.62. The maximum Gasteiger partial charge on any atom is 0.225 e. The molecule has 1 N–H and O–H groups in total. The maximum atomic E-state index is 11.1. The molecule has 1 aromatic carbocycles. The maximum absolute atomic E-state index is 11.1. The molecule has 0 bridgehead atoms. The highest BCUT2D eigenvalue weighted by Gasteiger charge is 2.02. The van der Waals surface area contributed by atoms with Crippen LogP contribution in [-0.2, 0) is 4.79 Å². The number of nitrogens with one attached hydrogen (secondary N) is 1. The first kappa shape index (κ1) is 10.4. The summed E-state index contributed by atoms with van der Waals surface area (Å²) < 4.78 is 0. The van der Waals surface area contributed by atoms with Gasteiger partial charge in [0.2, 0.25) is 5.91 Å². The lowest BCUT2D eigenvalue weighted by molar-refractivity contribution is -0.115. The Kier molecular flexibility index (Phi) is 4.12. The molecular weight excluding hydrogens is 206 g/mol. The molecule has 0 saturated heterocycles. The van der Waals surface area contributed by atoms with Crippen LogP contribution in [0.25, 0.3) is 0 Å². The number of anilines is 1. The van der Waals surface area contributed by atoms with Gasteiger partial charge in [-0.3, -0.25) is 4.79 Å². The quantitative estimate of drug-likeness (QED) is 0.589. The molecule has 0 radical (unpaired) electrons. The van der Waals surface area contributed by atoms with Crippen molar-refractivity contribution in [1.82, 2.24) is 0 Å². The van der Waals surface area contributed by atoms with Gasteiger partial charge in [0, 0.05) is 17.2 Å². The summed E-state index contributed by atoms with van der Waals surface area (Å²) in [5.74, 6) is 0.247.